The van der Waals surface area contributed by atoms with Crippen molar-refractivity contribution < 1.29 is 9.53 Å². The van der Waals surface area contributed by atoms with Crippen molar-refractivity contribution in [1.82, 2.24) is 5.32 Å². The van der Waals surface area contributed by atoms with Gasteiger partial charge in [-0.1, -0.05) is 13.3 Å². The fourth-order valence-corrected chi connectivity index (χ4v) is 4.30. The van der Waals surface area contributed by atoms with E-state index in [-0.39, 0.29) is 5.91 Å². The maximum atomic E-state index is 12.0. The van der Waals surface area contributed by atoms with Gasteiger partial charge < -0.3 is 10.1 Å². The number of thioether (sulfide) groups is 1. The molecule has 0 aromatic carbocycles. The molecule has 1 amide bonds. The summed E-state index contributed by atoms with van der Waals surface area (Å²) in [5.74, 6) is 1.41. The Morgan fingerprint density at radius 2 is 2.21 bits per heavy atom. The molecule has 0 aromatic heterocycles. The van der Waals surface area contributed by atoms with Gasteiger partial charge in [-0.05, 0) is 44.3 Å². The number of rotatable bonds is 6. The topological polar surface area (TPSA) is 38.3 Å². The molecule has 4 heteroatoms. The summed E-state index contributed by atoms with van der Waals surface area (Å²) < 4.78 is 5.56. The molecule has 1 heterocycles. The first-order valence-corrected chi connectivity index (χ1v) is 8.85. The number of ether oxygens (including phenoxy) is 1. The van der Waals surface area contributed by atoms with E-state index in [9.17, 15) is 4.79 Å². The number of hydrogen-bond acceptors (Lipinski definition) is 3. The highest BCUT2D eigenvalue weighted by Crippen LogP contribution is 2.28. The second-order valence-electron chi connectivity index (χ2n) is 5.68. The Kier molecular flexibility index (Phi) is 6.51. The average Bonchev–Trinajstić information content (AvgIpc) is 2.90. The lowest BCUT2D eigenvalue weighted by atomic mass is 9.94. The highest BCUT2D eigenvalue weighted by atomic mass is 32.2. The van der Waals surface area contributed by atoms with Crippen LogP contribution in [0.5, 0.6) is 0 Å². The molecule has 19 heavy (non-hydrogen) atoms. The van der Waals surface area contributed by atoms with Crippen molar-refractivity contribution in [2.24, 2.45) is 0 Å². The van der Waals surface area contributed by atoms with Gasteiger partial charge in [-0.3, -0.25) is 4.79 Å². The molecule has 1 saturated heterocycles. The van der Waals surface area contributed by atoms with Gasteiger partial charge in [-0.2, -0.15) is 11.8 Å². The fourth-order valence-electron chi connectivity index (χ4n) is 3.13. The predicted molar refractivity (Wildman–Crippen MR) is 80.5 cm³/mol. The van der Waals surface area contributed by atoms with E-state index in [2.05, 4.69) is 12.2 Å². The lowest BCUT2D eigenvalue weighted by molar-refractivity contribution is -0.122. The maximum absolute atomic E-state index is 12.0. The second-order valence-corrected chi connectivity index (χ2v) is 7.26. The minimum atomic E-state index is 0.225. The van der Waals surface area contributed by atoms with Crippen molar-refractivity contribution in [1.29, 1.82) is 0 Å². The minimum Gasteiger partial charge on any atom is -0.378 e. The largest absolute Gasteiger partial charge is 0.378 e. The van der Waals surface area contributed by atoms with Crippen LogP contribution in [0.4, 0.5) is 0 Å². The quantitative estimate of drug-likeness (QED) is 0.815. The summed E-state index contributed by atoms with van der Waals surface area (Å²) in [7, 11) is 0. The summed E-state index contributed by atoms with van der Waals surface area (Å²) in [4.78, 5) is 12.0. The molecule has 2 aliphatic rings. The van der Waals surface area contributed by atoms with Crippen molar-refractivity contribution >= 4 is 17.7 Å². The zero-order chi connectivity index (χ0) is 13.5. The number of amides is 1. The monoisotopic (exact) mass is 285 g/mol. The molecule has 0 radical (unpaired) electrons. The predicted octanol–water partition coefficient (Wildman–Crippen LogP) is 3.13. The summed E-state index contributed by atoms with van der Waals surface area (Å²) in [6.45, 7) is 3.10. The second kappa shape index (κ2) is 8.15. The van der Waals surface area contributed by atoms with Crippen molar-refractivity contribution in [2.45, 2.75) is 75.7 Å². The molecule has 1 aliphatic carbocycles. The third-order valence-corrected chi connectivity index (χ3v) is 5.34. The summed E-state index contributed by atoms with van der Waals surface area (Å²) >= 11 is 2.05. The number of hydrogen-bond donors (Lipinski definition) is 1. The molecule has 1 N–H and O–H groups in total. The zero-order valence-electron chi connectivity index (χ0n) is 12.0. The molecule has 3 nitrogen and oxygen atoms in total. The number of carbonyl (C=O) groups excluding carboxylic acids is 1. The van der Waals surface area contributed by atoms with Crippen molar-refractivity contribution in [3.63, 3.8) is 0 Å². The lowest BCUT2D eigenvalue weighted by Gasteiger charge is -2.29. The minimum absolute atomic E-state index is 0.225. The van der Waals surface area contributed by atoms with Crippen LogP contribution in [0.1, 0.15) is 58.3 Å². The molecule has 110 valence electrons. The van der Waals surface area contributed by atoms with E-state index < -0.39 is 0 Å². The standard InChI is InChI=1S/C15H27NO2S/c1-2-19-14-7-3-5-12(11-14)16-15(17)9-8-13-6-4-10-18-13/h12-14H,2-11H2,1H3,(H,16,17)/t12-,13-,14+/m0/s1. The molecular formula is C15H27NO2S. The van der Waals surface area contributed by atoms with Crippen LogP contribution < -0.4 is 5.32 Å². The first kappa shape index (κ1) is 15.2. The summed E-state index contributed by atoms with van der Waals surface area (Å²) in [6, 6.07) is 0.412. The number of nitrogens with one attached hydrogen (secondary N) is 1. The molecular weight excluding hydrogens is 258 g/mol. The van der Waals surface area contributed by atoms with Crippen LogP contribution in [0.3, 0.4) is 0 Å². The molecule has 3 atom stereocenters. The zero-order valence-corrected chi connectivity index (χ0v) is 12.8. The molecule has 0 unspecified atom stereocenters. The third-order valence-electron chi connectivity index (χ3n) is 4.11. The van der Waals surface area contributed by atoms with E-state index in [1.807, 2.05) is 11.8 Å². The fraction of sp³-hybridized carbons (Fsp3) is 0.933. The smallest absolute Gasteiger partial charge is 0.220 e. The Morgan fingerprint density at radius 1 is 1.32 bits per heavy atom. The highest BCUT2D eigenvalue weighted by Gasteiger charge is 2.23. The van der Waals surface area contributed by atoms with Crippen LogP contribution in [-0.4, -0.2) is 35.7 Å². The third kappa shape index (κ3) is 5.35. The van der Waals surface area contributed by atoms with Crippen LogP contribution in [0, 0.1) is 0 Å². The van der Waals surface area contributed by atoms with Gasteiger partial charge >= 0.3 is 0 Å². The first-order valence-electron chi connectivity index (χ1n) is 7.80. The Hall–Kier alpha value is -0.220. The lowest BCUT2D eigenvalue weighted by Crippen LogP contribution is -2.39. The Labute approximate surface area is 121 Å². The van der Waals surface area contributed by atoms with E-state index in [1.165, 1.54) is 18.6 Å². The average molecular weight is 285 g/mol. The molecule has 2 fully saturated rings. The Balaban J connectivity index is 1.63. The van der Waals surface area contributed by atoms with Gasteiger partial charge in [0.15, 0.2) is 0 Å². The van der Waals surface area contributed by atoms with Crippen LogP contribution in [0.2, 0.25) is 0 Å². The van der Waals surface area contributed by atoms with E-state index in [4.69, 9.17) is 4.74 Å². The van der Waals surface area contributed by atoms with E-state index >= 15 is 0 Å². The van der Waals surface area contributed by atoms with Crippen LogP contribution in [-0.2, 0) is 9.53 Å². The Morgan fingerprint density at radius 3 is 2.95 bits per heavy atom. The molecule has 0 aromatic rings. The van der Waals surface area contributed by atoms with Gasteiger partial charge in [0.2, 0.25) is 5.91 Å². The molecule has 0 bridgehead atoms. The van der Waals surface area contributed by atoms with Crippen LogP contribution in [0.25, 0.3) is 0 Å². The first-order chi connectivity index (χ1) is 9.28. The van der Waals surface area contributed by atoms with Gasteiger partial charge in [0.1, 0.15) is 0 Å². The van der Waals surface area contributed by atoms with E-state index in [0.717, 1.165) is 44.0 Å². The highest BCUT2D eigenvalue weighted by molar-refractivity contribution is 7.99. The van der Waals surface area contributed by atoms with Crippen molar-refractivity contribution in [2.75, 3.05) is 12.4 Å². The van der Waals surface area contributed by atoms with Crippen LogP contribution in [0.15, 0.2) is 0 Å². The Bertz CT molecular complexity index is 277. The van der Waals surface area contributed by atoms with Gasteiger partial charge in [-0.15, -0.1) is 0 Å². The normalized spacial score (nSPS) is 31.3. The summed E-state index contributed by atoms with van der Waals surface area (Å²) in [5.41, 5.74) is 0. The van der Waals surface area contributed by atoms with Gasteiger partial charge in [0.25, 0.3) is 0 Å². The van der Waals surface area contributed by atoms with Crippen molar-refractivity contribution in [3.8, 4) is 0 Å². The molecule has 1 aliphatic heterocycles. The van der Waals surface area contributed by atoms with Crippen molar-refractivity contribution in [3.05, 3.63) is 0 Å². The summed E-state index contributed by atoms with van der Waals surface area (Å²) in [5, 5.41) is 3.98. The van der Waals surface area contributed by atoms with E-state index in [1.54, 1.807) is 0 Å². The SMILES string of the molecule is CCS[C@@H]1CCC[C@H](NC(=O)CC[C@@H]2CCCO2)C1. The van der Waals surface area contributed by atoms with Gasteiger partial charge in [-0.25, -0.2) is 0 Å². The molecule has 2 rings (SSSR count). The molecule has 0 spiro atoms. The van der Waals surface area contributed by atoms with E-state index in [0.29, 0.717) is 18.6 Å². The molecule has 1 saturated carbocycles. The number of carbonyl (C=O) groups is 1. The maximum Gasteiger partial charge on any atom is 0.220 e. The van der Waals surface area contributed by atoms with Gasteiger partial charge in [0, 0.05) is 24.3 Å². The van der Waals surface area contributed by atoms with Crippen LogP contribution >= 0.6 is 11.8 Å². The summed E-state index contributed by atoms with van der Waals surface area (Å²) in [6.07, 6.45) is 9.04. The van der Waals surface area contributed by atoms with Gasteiger partial charge in [0.05, 0.1) is 6.10 Å².